The summed E-state index contributed by atoms with van der Waals surface area (Å²) in [5, 5.41) is 0. The first-order chi connectivity index (χ1) is 13.2. The zero-order valence-corrected chi connectivity index (χ0v) is 15.7. The van der Waals surface area contributed by atoms with Gasteiger partial charge >= 0.3 is 11.9 Å². The number of carbonyl (C=O) groups is 4. The van der Waals surface area contributed by atoms with E-state index in [1.165, 1.54) is 24.5 Å². The fourth-order valence-corrected chi connectivity index (χ4v) is 2.70. The summed E-state index contributed by atoms with van der Waals surface area (Å²) in [6.07, 6.45) is 1.45. The summed E-state index contributed by atoms with van der Waals surface area (Å²) in [5.74, 6) is -2.01. The van der Waals surface area contributed by atoms with Crippen LogP contribution in [0.3, 0.4) is 0 Å². The summed E-state index contributed by atoms with van der Waals surface area (Å²) in [5.41, 5.74) is -0.340. The second-order valence-corrected chi connectivity index (χ2v) is 7.20. The van der Waals surface area contributed by atoms with Crippen molar-refractivity contribution in [3.05, 3.63) is 59.0 Å². The highest BCUT2D eigenvalue weighted by Gasteiger charge is 2.36. The van der Waals surface area contributed by atoms with E-state index in [0.29, 0.717) is 5.76 Å². The third kappa shape index (κ3) is 4.11. The first kappa shape index (κ1) is 19.3. The standard InChI is InChI=1S/C20H19NO7/c1-20(2,3)28-16(22)11-27-19(25)12-6-7-14-15(9-12)18(24)21(17(14)23)10-13-5-4-8-26-13/h4-9H,10-11H2,1-3H3. The van der Waals surface area contributed by atoms with E-state index in [1.807, 2.05) is 0 Å². The van der Waals surface area contributed by atoms with Crippen LogP contribution in [0.4, 0.5) is 0 Å². The number of esters is 2. The third-order valence-electron chi connectivity index (χ3n) is 3.84. The van der Waals surface area contributed by atoms with E-state index < -0.39 is 36.0 Å². The monoisotopic (exact) mass is 385 g/mol. The normalized spacial score (nSPS) is 13.5. The number of hydrogen-bond acceptors (Lipinski definition) is 7. The lowest BCUT2D eigenvalue weighted by Gasteiger charge is -2.19. The molecule has 1 aromatic heterocycles. The van der Waals surface area contributed by atoms with Gasteiger partial charge in [0.15, 0.2) is 6.61 Å². The van der Waals surface area contributed by atoms with E-state index in [0.717, 1.165) is 4.90 Å². The van der Waals surface area contributed by atoms with Gasteiger partial charge in [-0.3, -0.25) is 14.5 Å². The van der Waals surface area contributed by atoms with Crippen molar-refractivity contribution in [2.75, 3.05) is 6.61 Å². The van der Waals surface area contributed by atoms with Crippen LogP contribution in [0.5, 0.6) is 0 Å². The Hall–Kier alpha value is -3.42. The van der Waals surface area contributed by atoms with Gasteiger partial charge in [-0.2, -0.15) is 0 Å². The van der Waals surface area contributed by atoms with E-state index in [4.69, 9.17) is 13.9 Å². The number of amides is 2. The first-order valence-corrected chi connectivity index (χ1v) is 8.57. The molecule has 2 amide bonds. The minimum atomic E-state index is -0.793. The van der Waals surface area contributed by atoms with E-state index in [9.17, 15) is 19.2 Å². The molecule has 0 spiro atoms. The predicted molar refractivity (Wildman–Crippen MR) is 95.5 cm³/mol. The summed E-state index contributed by atoms with van der Waals surface area (Å²) in [6, 6.07) is 7.37. The Balaban J connectivity index is 1.70. The molecular weight excluding hydrogens is 366 g/mol. The van der Waals surface area contributed by atoms with Crippen molar-refractivity contribution >= 4 is 23.8 Å². The van der Waals surface area contributed by atoms with Gasteiger partial charge in [-0.15, -0.1) is 0 Å². The van der Waals surface area contributed by atoms with Crippen molar-refractivity contribution < 1.29 is 33.1 Å². The van der Waals surface area contributed by atoms with Gasteiger partial charge in [0.25, 0.3) is 11.8 Å². The van der Waals surface area contributed by atoms with Gasteiger partial charge < -0.3 is 13.9 Å². The number of furan rings is 1. The molecule has 8 heteroatoms. The van der Waals surface area contributed by atoms with Gasteiger partial charge in [-0.25, -0.2) is 9.59 Å². The van der Waals surface area contributed by atoms with Crippen LogP contribution in [0.1, 0.15) is 57.6 Å². The Labute approximate surface area is 161 Å². The molecule has 3 rings (SSSR count). The van der Waals surface area contributed by atoms with Gasteiger partial charge in [0, 0.05) is 0 Å². The fourth-order valence-electron chi connectivity index (χ4n) is 2.70. The second-order valence-electron chi connectivity index (χ2n) is 7.20. The molecule has 0 atom stereocenters. The van der Waals surface area contributed by atoms with Gasteiger partial charge in [-0.1, -0.05) is 0 Å². The number of carbonyl (C=O) groups excluding carboxylic acids is 4. The zero-order valence-electron chi connectivity index (χ0n) is 15.7. The molecule has 0 saturated heterocycles. The molecule has 146 valence electrons. The molecular formula is C20H19NO7. The number of benzene rings is 1. The molecule has 0 N–H and O–H groups in total. The highest BCUT2D eigenvalue weighted by molar-refractivity contribution is 6.21. The third-order valence-corrected chi connectivity index (χ3v) is 3.84. The summed E-state index contributed by atoms with van der Waals surface area (Å²) < 4.78 is 15.2. The van der Waals surface area contributed by atoms with E-state index in [2.05, 4.69) is 0 Å². The maximum Gasteiger partial charge on any atom is 0.344 e. The molecule has 1 aliphatic rings. The zero-order chi connectivity index (χ0) is 20.5. The van der Waals surface area contributed by atoms with Crippen molar-refractivity contribution in [3.63, 3.8) is 0 Å². The Morgan fingerprint density at radius 3 is 2.43 bits per heavy atom. The molecule has 0 saturated carbocycles. The molecule has 0 bridgehead atoms. The van der Waals surface area contributed by atoms with E-state index >= 15 is 0 Å². The molecule has 2 aromatic rings. The number of nitrogens with zero attached hydrogens (tertiary/aromatic N) is 1. The maximum absolute atomic E-state index is 12.6. The molecule has 0 unspecified atom stereocenters. The van der Waals surface area contributed by atoms with Crippen molar-refractivity contribution in [1.82, 2.24) is 4.90 Å². The van der Waals surface area contributed by atoms with Crippen LogP contribution in [0.2, 0.25) is 0 Å². The molecule has 8 nitrogen and oxygen atoms in total. The maximum atomic E-state index is 12.6. The molecule has 1 aliphatic heterocycles. The van der Waals surface area contributed by atoms with Gasteiger partial charge in [-0.05, 0) is 51.1 Å². The Kier molecular flexibility index (Phi) is 5.04. The Morgan fingerprint density at radius 1 is 1.07 bits per heavy atom. The highest BCUT2D eigenvalue weighted by atomic mass is 16.6. The lowest BCUT2D eigenvalue weighted by molar-refractivity contribution is -0.158. The van der Waals surface area contributed by atoms with E-state index in [1.54, 1.807) is 32.9 Å². The lowest BCUT2D eigenvalue weighted by Crippen LogP contribution is -2.28. The van der Waals surface area contributed by atoms with E-state index in [-0.39, 0.29) is 23.2 Å². The quantitative estimate of drug-likeness (QED) is 0.575. The van der Waals surface area contributed by atoms with Crippen molar-refractivity contribution in [3.8, 4) is 0 Å². The molecule has 0 aliphatic carbocycles. The van der Waals surface area contributed by atoms with Gasteiger partial charge in [0.2, 0.25) is 0 Å². The summed E-state index contributed by atoms with van der Waals surface area (Å²) in [7, 11) is 0. The van der Waals surface area contributed by atoms with Crippen LogP contribution >= 0.6 is 0 Å². The Morgan fingerprint density at radius 2 is 1.79 bits per heavy atom. The van der Waals surface area contributed by atoms with Crippen molar-refractivity contribution in [1.29, 1.82) is 0 Å². The molecule has 0 fully saturated rings. The number of imide groups is 1. The van der Waals surface area contributed by atoms with Crippen LogP contribution < -0.4 is 0 Å². The topological polar surface area (TPSA) is 103 Å². The smallest absolute Gasteiger partial charge is 0.344 e. The molecule has 0 radical (unpaired) electrons. The number of rotatable bonds is 5. The van der Waals surface area contributed by atoms with Crippen molar-refractivity contribution in [2.45, 2.75) is 32.9 Å². The molecule has 28 heavy (non-hydrogen) atoms. The minimum Gasteiger partial charge on any atom is -0.467 e. The average molecular weight is 385 g/mol. The number of hydrogen-bond donors (Lipinski definition) is 0. The molecule has 2 heterocycles. The number of ether oxygens (including phenoxy) is 2. The molecule has 1 aromatic carbocycles. The van der Waals surface area contributed by atoms with Crippen molar-refractivity contribution in [2.24, 2.45) is 0 Å². The SMILES string of the molecule is CC(C)(C)OC(=O)COC(=O)c1ccc2c(c1)C(=O)N(Cc1ccco1)C2=O. The van der Waals surface area contributed by atoms with Crippen LogP contribution in [0.15, 0.2) is 41.0 Å². The average Bonchev–Trinajstić information content (AvgIpc) is 3.21. The van der Waals surface area contributed by atoms with Gasteiger partial charge in [0.1, 0.15) is 11.4 Å². The van der Waals surface area contributed by atoms with Gasteiger partial charge in [0.05, 0.1) is 29.5 Å². The van der Waals surface area contributed by atoms with Crippen LogP contribution in [0, 0.1) is 0 Å². The fraction of sp³-hybridized carbons (Fsp3) is 0.300. The van der Waals surface area contributed by atoms with Crippen LogP contribution in [-0.2, 0) is 20.8 Å². The highest BCUT2D eigenvalue weighted by Crippen LogP contribution is 2.26. The largest absolute Gasteiger partial charge is 0.467 e. The summed E-state index contributed by atoms with van der Waals surface area (Å²) in [6.45, 7) is 4.54. The number of fused-ring (bicyclic) bond motifs is 1. The first-order valence-electron chi connectivity index (χ1n) is 8.57. The van der Waals surface area contributed by atoms with Crippen LogP contribution in [0.25, 0.3) is 0 Å². The predicted octanol–water partition coefficient (Wildman–Crippen LogP) is 2.57. The van der Waals surface area contributed by atoms with Crippen LogP contribution in [-0.4, -0.2) is 40.9 Å². The second kappa shape index (κ2) is 7.30. The minimum absolute atomic E-state index is 0.00221. The Bertz CT molecular complexity index is 938. The summed E-state index contributed by atoms with van der Waals surface area (Å²) in [4.78, 5) is 49.9. The lowest BCUT2D eigenvalue weighted by atomic mass is 10.1. The summed E-state index contributed by atoms with van der Waals surface area (Å²) >= 11 is 0.